The van der Waals surface area contributed by atoms with Crippen LogP contribution < -0.4 is 10.6 Å². The number of nitrogens with zero attached hydrogens (tertiary/aromatic N) is 2. The monoisotopic (exact) mass is 355 g/mol. The molecule has 9 heteroatoms. The van der Waals surface area contributed by atoms with Crippen LogP contribution in [0, 0.1) is 0 Å². The normalized spacial score (nSPS) is 12.6. The SMILES string of the molecule is N/C(=N/O)c1ccc(N(CCO)CC(F)(F)F)c(Br)c1. The van der Waals surface area contributed by atoms with Crippen LogP contribution in [0.1, 0.15) is 5.56 Å². The van der Waals surface area contributed by atoms with Crippen molar-refractivity contribution in [3.8, 4) is 0 Å². The summed E-state index contributed by atoms with van der Waals surface area (Å²) in [6, 6.07) is 4.26. The Morgan fingerprint density at radius 1 is 1.40 bits per heavy atom. The summed E-state index contributed by atoms with van der Waals surface area (Å²) in [5.41, 5.74) is 6.01. The molecular weight excluding hydrogens is 343 g/mol. The van der Waals surface area contributed by atoms with E-state index in [1.54, 1.807) is 0 Å². The Morgan fingerprint density at radius 3 is 2.50 bits per heavy atom. The molecule has 0 saturated heterocycles. The number of hydrogen-bond acceptors (Lipinski definition) is 4. The number of benzene rings is 1. The lowest BCUT2D eigenvalue weighted by molar-refractivity contribution is -0.119. The van der Waals surface area contributed by atoms with E-state index in [-0.39, 0.29) is 18.1 Å². The van der Waals surface area contributed by atoms with Gasteiger partial charge in [-0.15, -0.1) is 0 Å². The van der Waals surface area contributed by atoms with E-state index in [9.17, 15) is 13.2 Å². The third-order valence-electron chi connectivity index (χ3n) is 2.43. The van der Waals surface area contributed by atoms with Crippen molar-refractivity contribution in [3.05, 3.63) is 28.2 Å². The molecule has 20 heavy (non-hydrogen) atoms. The summed E-state index contributed by atoms with van der Waals surface area (Å²) in [7, 11) is 0. The van der Waals surface area contributed by atoms with Gasteiger partial charge in [0.1, 0.15) is 6.54 Å². The van der Waals surface area contributed by atoms with Gasteiger partial charge in [-0.05, 0) is 34.1 Å². The third-order valence-corrected chi connectivity index (χ3v) is 3.07. The maximum Gasteiger partial charge on any atom is 0.405 e. The summed E-state index contributed by atoms with van der Waals surface area (Å²) in [6.45, 7) is -1.76. The number of aliphatic hydroxyl groups excluding tert-OH is 1. The zero-order valence-corrected chi connectivity index (χ0v) is 11.8. The molecule has 0 saturated carbocycles. The molecule has 0 aliphatic carbocycles. The van der Waals surface area contributed by atoms with Crippen LogP contribution in [0.25, 0.3) is 0 Å². The van der Waals surface area contributed by atoms with E-state index in [1.807, 2.05) is 0 Å². The lowest BCUT2D eigenvalue weighted by atomic mass is 10.2. The number of amidine groups is 1. The van der Waals surface area contributed by atoms with Crippen molar-refractivity contribution in [2.75, 3.05) is 24.6 Å². The highest BCUT2D eigenvalue weighted by molar-refractivity contribution is 9.10. The molecule has 1 rings (SSSR count). The summed E-state index contributed by atoms with van der Waals surface area (Å²) < 4.78 is 37.8. The second-order valence-electron chi connectivity index (χ2n) is 3.91. The zero-order valence-electron chi connectivity index (χ0n) is 10.2. The minimum atomic E-state index is -4.39. The number of aliphatic hydroxyl groups is 1. The van der Waals surface area contributed by atoms with Gasteiger partial charge in [-0.2, -0.15) is 13.2 Å². The molecule has 0 aromatic heterocycles. The summed E-state index contributed by atoms with van der Waals surface area (Å²) in [5, 5.41) is 20.2. The summed E-state index contributed by atoms with van der Waals surface area (Å²) >= 11 is 3.14. The van der Waals surface area contributed by atoms with Crippen molar-refractivity contribution in [1.82, 2.24) is 0 Å². The van der Waals surface area contributed by atoms with Crippen molar-refractivity contribution in [3.63, 3.8) is 0 Å². The number of hydrogen-bond donors (Lipinski definition) is 3. The average molecular weight is 356 g/mol. The Balaban J connectivity index is 3.09. The number of rotatable bonds is 5. The molecule has 0 atom stereocenters. The Bertz CT molecular complexity index is 494. The molecule has 0 fully saturated rings. The Kier molecular flexibility index (Phi) is 5.63. The quantitative estimate of drug-likeness (QED) is 0.326. The van der Waals surface area contributed by atoms with E-state index in [0.717, 1.165) is 4.90 Å². The van der Waals surface area contributed by atoms with Crippen LogP contribution in [0.5, 0.6) is 0 Å². The van der Waals surface area contributed by atoms with Crippen molar-refractivity contribution < 1.29 is 23.5 Å². The lowest BCUT2D eigenvalue weighted by Gasteiger charge is -2.26. The van der Waals surface area contributed by atoms with E-state index in [0.29, 0.717) is 10.0 Å². The van der Waals surface area contributed by atoms with Crippen LogP contribution in [0.15, 0.2) is 27.8 Å². The number of oxime groups is 1. The highest BCUT2D eigenvalue weighted by Gasteiger charge is 2.31. The second-order valence-corrected chi connectivity index (χ2v) is 4.77. The molecule has 1 aromatic carbocycles. The average Bonchev–Trinajstić information content (AvgIpc) is 2.35. The molecule has 0 radical (unpaired) electrons. The van der Waals surface area contributed by atoms with E-state index < -0.39 is 19.3 Å². The van der Waals surface area contributed by atoms with Crippen molar-refractivity contribution in [2.45, 2.75) is 6.18 Å². The smallest absolute Gasteiger partial charge is 0.405 e. The van der Waals surface area contributed by atoms with Gasteiger partial charge in [-0.25, -0.2) is 0 Å². The second kappa shape index (κ2) is 6.80. The molecule has 4 N–H and O–H groups in total. The van der Waals surface area contributed by atoms with Crippen LogP contribution in [0.3, 0.4) is 0 Å². The number of anilines is 1. The molecule has 0 amide bonds. The fraction of sp³-hybridized carbons (Fsp3) is 0.364. The van der Waals surface area contributed by atoms with Gasteiger partial charge < -0.3 is 20.9 Å². The van der Waals surface area contributed by atoms with Crippen LogP contribution in [0.4, 0.5) is 18.9 Å². The van der Waals surface area contributed by atoms with Crippen LogP contribution in [-0.4, -0.2) is 42.0 Å². The molecule has 112 valence electrons. The molecule has 0 heterocycles. The molecule has 1 aromatic rings. The largest absolute Gasteiger partial charge is 0.409 e. The molecule has 0 unspecified atom stereocenters. The van der Waals surface area contributed by atoms with Gasteiger partial charge >= 0.3 is 6.18 Å². The van der Waals surface area contributed by atoms with Crippen molar-refractivity contribution in [1.29, 1.82) is 0 Å². The van der Waals surface area contributed by atoms with E-state index >= 15 is 0 Å². The number of nitrogens with two attached hydrogens (primary N) is 1. The third kappa shape index (κ3) is 4.57. The highest BCUT2D eigenvalue weighted by Crippen LogP contribution is 2.29. The van der Waals surface area contributed by atoms with Crippen LogP contribution in [-0.2, 0) is 0 Å². The Hall–Kier alpha value is -1.48. The topological polar surface area (TPSA) is 82.1 Å². The first-order valence-electron chi connectivity index (χ1n) is 5.48. The minimum absolute atomic E-state index is 0.151. The molecular formula is C11H13BrF3N3O2. The lowest BCUT2D eigenvalue weighted by Crippen LogP contribution is -2.36. The van der Waals surface area contributed by atoms with E-state index in [1.165, 1.54) is 18.2 Å². The first-order valence-corrected chi connectivity index (χ1v) is 6.28. The van der Waals surface area contributed by atoms with Crippen LogP contribution in [0.2, 0.25) is 0 Å². The first-order chi connectivity index (χ1) is 9.28. The molecule has 0 aliphatic rings. The molecule has 0 bridgehead atoms. The highest BCUT2D eigenvalue weighted by atomic mass is 79.9. The van der Waals surface area contributed by atoms with Crippen molar-refractivity contribution >= 4 is 27.5 Å². The molecule has 5 nitrogen and oxygen atoms in total. The van der Waals surface area contributed by atoms with Gasteiger partial charge in [-0.3, -0.25) is 0 Å². The maximum atomic E-state index is 12.5. The summed E-state index contributed by atoms with van der Waals surface area (Å²) in [5.74, 6) is -0.151. The number of alkyl halides is 3. The van der Waals surface area contributed by atoms with Crippen molar-refractivity contribution in [2.24, 2.45) is 10.9 Å². The van der Waals surface area contributed by atoms with Gasteiger partial charge in [0, 0.05) is 16.6 Å². The predicted octanol–water partition coefficient (Wildman–Crippen LogP) is 1.90. The van der Waals surface area contributed by atoms with Gasteiger partial charge in [0.2, 0.25) is 0 Å². The summed E-state index contributed by atoms with van der Waals surface area (Å²) in [4.78, 5) is 0.986. The number of halogens is 4. The fourth-order valence-electron chi connectivity index (χ4n) is 1.60. The predicted molar refractivity (Wildman–Crippen MR) is 72.0 cm³/mol. The van der Waals surface area contributed by atoms with Gasteiger partial charge in [-0.1, -0.05) is 5.16 Å². The molecule has 0 aliphatic heterocycles. The van der Waals surface area contributed by atoms with Gasteiger partial charge in [0.25, 0.3) is 0 Å². The summed E-state index contributed by atoms with van der Waals surface area (Å²) in [6.07, 6.45) is -4.39. The Morgan fingerprint density at radius 2 is 2.05 bits per heavy atom. The molecule has 0 spiro atoms. The fourth-order valence-corrected chi connectivity index (χ4v) is 2.23. The van der Waals surface area contributed by atoms with E-state index in [2.05, 4.69) is 21.1 Å². The minimum Gasteiger partial charge on any atom is -0.409 e. The van der Waals surface area contributed by atoms with Gasteiger partial charge in [0.05, 0.1) is 12.3 Å². The maximum absolute atomic E-state index is 12.5. The first kappa shape index (κ1) is 16.6. The Labute approximate surface area is 121 Å². The van der Waals surface area contributed by atoms with E-state index in [4.69, 9.17) is 16.0 Å². The van der Waals surface area contributed by atoms with Crippen LogP contribution >= 0.6 is 15.9 Å². The standard InChI is InChI=1S/C11H13BrF3N3O2/c12-8-5-7(10(16)17-20)1-2-9(8)18(3-4-19)6-11(13,14)15/h1-2,5,19-20H,3-4,6H2,(H2,16,17). The zero-order chi connectivity index (χ0) is 15.3. The van der Waals surface area contributed by atoms with Gasteiger partial charge in [0.15, 0.2) is 5.84 Å².